The highest BCUT2D eigenvalue weighted by molar-refractivity contribution is 5.85. The molecule has 110 valence electrons. The Labute approximate surface area is 128 Å². The Morgan fingerprint density at radius 1 is 0.714 bits per heavy atom. The first-order valence-corrected chi connectivity index (χ1v) is 7.58. The summed E-state index contributed by atoms with van der Waals surface area (Å²) >= 11 is 0. The van der Waals surface area contributed by atoms with Gasteiger partial charge in [-0.1, -0.05) is 12.1 Å². The van der Waals surface area contributed by atoms with E-state index in [1.165, 1.54) is 44.9 Å². The standard InChI is InChI=1S/C19H24N2/c1-12-13(2)15(4)19(16(5)14(12)3)21-11-20(6)17-9-7-8-10-18(17)21/h7-10H,11H2,1-6H3. The molecule has 2 aromatic carbocycles. The van der Waals surface area contributed by atoms with Crippen LogP contribution in [0.1, 0.15) is 27.8 Å². The summed E-state index contributed by atoms with van der Waals surface area (Å²) in [5.41, 5.74) is 11.1. The lowest BCUT2D eigenvalue weighted by Gasteiger charge is -2.27. The molecule has 0 atom stereocenters. The van der Waals surface area contributed by atoms with E-state index in [0.29, 0.717) is 0 Å². The summed E-state index contributed by atoms with van der Waals surface area (Å²) in [6.07, 6.45) is 0. The van der Waals surface area contributed by atoms with Crippen LogP contribution >= 0.6 is 0 Å². The number of hydrogen-bond donors (Lipinski definition) is 0. The normalized spacial score (nSPS) is 13.8. The largest absolute Gasteiger partial charge is 0.355 e. The van der Waals surface area contributed by atoms with Crippen LogP contribution in [0.2, 0.25) is 0 Å². The summed E-state index contributed by atoms with van der Waals surface area (Å²) in [5.74, 6) is 0. The Kier molecular flexibility index (Phi) is 3.20. The molecule has 1 heterocycles. The van der Waals surface area contributed by atoms with Gasteiger partial charge in [-0.05, 0) is 74.6 Å². The van der Waals surface area contributed by atoms with Gasteiger partial charge in [0.25, 0.3) is 0 Å². The monoisotopic (exact) mass is 280 g/mol. The second-order valence-corrected chi connectivity index (χ2v) is 6.23. The van der Waals surface area contributed by atoms with Crippen LogP contribution in [0.15, 0.2) is 24.3 Å². The van der Waals surface area contributed by atoms with Gasteiger partial charge in [0.1, 0.15) is 0 Å². The van der Waals surface area contributed by atoms with Gasteiger partial charge in [-0.2, -0.15) is 0 Å². The fraction of sp³-hybridized carbons (Fsp3) is 0.368. The summed E-state index contributed by atoms with van der Waals surface area (Å²) in [4.78, 5) is 4.78. The zero-order valence-electron chi connectivity index (χ0n) is 13.9. The highest BCUT2D eigenvalue weighted by atomic mass is 15.4. The molecular weight excluding hydrogens is 256 g/mol. The fourth-order valence-corrected chi connectivity index (χ4v) is 3.46. The summed E-state index contributed by atoms with van der Waals surface area (Å²) in [6, 6.07) is 8.67. The molecule has 1 aliphatic heterocycles. The van der Waals surface area contributed by atoms with Crippen LogP contribution in [0.3, 0.4) is 0 Å². The van der Waals surface area contributed by atoms with Crippen molar-refractivity contribution in [2.45, 2.75) is 34.6 Å². The maximum Gasteiger partial charge on any atom is 0.0950 e. The van der Waals surface area contributed by atoms with E-state index in [4.69, 9.17) is 0 Å². The van der Waals surface area contributed by atoms with Crippen molar-refractivity contribution < 1.29 is 0 Å². The third-order valence-electron chi connectivity index (χ3n) is 5.17. The highest BCUT2D eigenvalue weighted by Crippen LogP contribution is 2.43. The Morgan fingerprint density at radius 2 is 1.19 bits per heavy atom. The van der Waals surface area contributed by atoms with Crippen molar-refractivity contribution in [1.82, 2.24) is 0 Å². The molecule has 2 heteroatoms. The Bertz CT molecular complexity index is 687. The average molecular weight is 280 g/mol. The minimum atomic E-state index is 0.920. The van der Waals surface area contributed by atoms with Crippen LogP contribution in [0, 0.1) is 34.6 Å². The van der Waals surface area contributed by atoms with Crippen LogP contribution in [-0.4, -0.2) is 13.7 Å². The molecule has 0 saturated heterocycles. The van der Waals surface area contributed by atoms with Crippen molar-refractivity contribution in [3.8, 4) is 0 Å². The third kappa shape index (κ3) is 1.93. The molecule has 1 aliphatic rings. The molecule has 0 unspecified atom stereocenters. The smallest absolute Gasteiger partial charge is 0.0950 e. The van der Waals surface area contributed by atoms with Crippen molar-refractivity contribution in [1.29, 1.82) is 0 Å². The maximum absolute atomic E-state index is 2.46. The van der Waals surface area contributed by atoms with Crippen LogP contribution in [-0.2, 0) is 0 Å². The molecule has 0 radical (unpaired) electrons. The lowest BCUT2D eigenvalue weighted by Crippen LogP contribution is -2.25. The fourth-order valence-electron chi connectivity index (χ4n) is 3.46. The molecule has 0 aromatic heterocycles. The molecule has 3 rings (SSSR count). The summed E-state index contributed by atoms with van der Waals surface area (Å²) in [7, 11) is 2.16. The van der Waals surface area contributed by atoms with Gasteiger partial charge in [0.05, 0.1) is 18.0 Å². The number of rotatable bonds is 1. The van der Waals surface area contributed by atoms with Crippen LogP contribution in [0.4, 0.5) is 17.1 Å². The highest BCUT2D eigenvalue weighted by Gasteiger charge is 2.27. The van der Waals surface area contributed by atoms with Crippen molar-refractivity contribution in [3.63, 3.8) is 0 Å². The van der Waals surface area contributed by atoms with E-state index in [2.05, 4.69) is 75.7 Å². The van der Waals surface area contributed by atoms with Crippen molar-refractivity contribution in [2.24, 2.45) is 0 Å². The lowest BCUT2D eigenvalue weighted by molar-refractivity contribution is 0.937. The second-order valence-electron chi connectivity index (χ2n) is 6.23. The maximum atomic E-state index is 2.46. The van der Waals surface area contributed by atoms with Crippen LogP contribution in [0.25, 0.3) is 0 Å². The number of hydrogen-bond acceptors (Lipinski definition) is 2. The molecule has 0 bridgehead atoms. The first-order chi connectivity index (χ1) is 9.93. The minimum Gasteiger partial charge on any atom is -0.355 e. The van der Waals surface area contributed by atoms with Gasteiger partial charge in [0.2, 0.25) is 0 Å². The van der Waals surface area contributed by atoms with Gasteiger partial charge in [0, 0.05) is 12.7 Å². The summed E-state index contributed by atoms with van der Waals surface area (Å²) in [6.45, 7) is 12.1. The van der Waals surface area contributed by atoms with Gasteiger partial charge < -0.3 is 9.80 Å². The average Bonchev–Trinajstić information content (AvgIpc) is 2.81. The van der Waals surface area contributed by atoms with Crippen molar-refractivity contribution in [3.05, 3.63) is 52.1 Å². The molecule has 0 saturated carbocycles. The molecule has 0 amide bonds. The van der Waals surface area contributed by atoms with Gasteiger partial charge in [-0.15, -0.1) is 0 Å². The van der Waals surface area contributed by atoms with Crippen LogP contribution < -0.4 is 9.80 Å². The number of para-hydroxylation sites is 2. The van der Waals surface area contributed by atoms with Gasteiger partial charge in [-0.25, -0.2) is 0 Å². The first kappa shape index (κ1) is 14.0. The number of nitrogens with zero attached hydrogens (tertiary/aromatic N) is 2. The number of anilines is 3. The Balaban J connectivity index is 2.24. The van der Waals surface area contributed by atoms with E-state index < -0.39 is 0 Å². The third-order valence-corrected chi connectivity index (χ3v) is 5.17. The van der Waals surface area contributed by atoms with E-state index >= 15 is 0 Å². The Morgan fingerprint density at radius 3 is 1.76 bits per heavy atom. The zero-order chi connectivity index (χ0) is 15.3. The molecule has 21 heavy (non-hydrogen) atoms. The molecular formula is C19H24N2. The molecule has 2 nitrogen and oxygen atoms in total. The second kappa shape index (κ2) is 4.80. The lowest BCUT2D eigenvalue weighted by atomic mass is 9.92. The van der Waals surface area contributed by atoms with Crippen molar-refractivity contribution in [2.75, 3.05) is 23.5 Å². The predicted molar refractivity (Wildman–Crippen MR) is 92.0 cm³/mol. The minimum absolute atomic E-state index is 0.920. The number of benzene rings is 2. The SMILES string of the molecule is Cc1c(C)c(C)c(N2CN(C)c3ccccc32)c(C)c1C. The predicted octanol–water partition coefficient (Wildman–Crippen LogP) is 4.77. The van der Waals surface area contributed by atoms with E-state index in [-0.39, 0.29) is 0 Å². The van der Waals surface area contributed by atoms with Crippen LogP contribution in [0.5, 0.6) is 0 Å². The Hall–Kier alpha value is -1.96. The van der Waals surface area contributed by atoms with E-state index in [9.17, 15) is 0 Å². The van der Waals surface area contributed by atoms with E-state index in [0.717, 1.165) is 6.67 Å². The van der Waals surface area contributed by atoms with Gasteiger partial charge in [0.15, 0.2) is 0 Å². The topological polar surface area (TPSA) is 6.48 Å². The first-order valence-electron chi connectivity index (χ1n) is 7.58. The van der Waals surface area contributed by atoms with E-state index in [1.54, 1.807) is 0 Å². The number of fused-ring (bicyclic) bond motifs is 1. The quantitative estimate of drug-likeness (QED) is 0.742. The van der Waals surface area contributed by atoms with Crippen molar-refractivity contribution >= 4 is 17.1 Å². The summed E-state index contributed by atoms with van der Waals surface area (Å²) < 4.78 is 0. The van der Waals surface area contributed by atoms with Gasteiger partial charge >= 0.3 is 0 Å². The molecule has 0 N–H and O–H groups in total. The molecule has 0 aliphatic carbocycles. The molecule has 0 fully saturated rings. The summed E-state index contributed by atoms with van der Waals surface area (Å²) in [5, 5.41) is 0. The molecule has 0 spiro atoms. The van der Waals surface area contributed by atoms with Gasteiger partial charge in [-0.3, -0.25) is 0 Å². The molecule has 2 aromatic rings. The van der Waals surface area contributed by atoms with E-state index in [1.807, 2.05) is 0 Å². The zero-order valence-corrected chi connectivity index (χ0v) is 13.9.